The van der Waals surface area contributed by atoms with E-state index in [1.807, 2.05) is 4.90 Å². The second kappa shape index (κ2) is 6.58. The van der Waals surface area contributed by atoms with Crippen molar-refractivity contribution in [2.24, 2.45) is 5.92 Å². The van der Waals surface area contributed by atoms with Crippen LogP contribution in [0.2, 0.25) is 0 Å². The van der Waals surface area contributed by atoms with Crippen LogP contribution in [0.5, 0.6) is 0 Å². The molecule has 3 rings (SSSR count). The number of rotatable bonds is 5. The highest BCUT2D eigenvalue weighted by molar-refractivity contribution is 5.86. The van der Waals surface area contributed by atoms with Gasteiger partial charge in [0.15, 0.2) is 0 Å². The third-order valence-electron chi connectivity index (χ3n) is 4.80. The molecule has 132 valence electrons. The Balaban J connectivity index is 1.78. The summed E-state index contributed by atoms with van der Waals surface area (Å²) in [6.07, 6.45) is -0.794. The number of anilines is 1. The number of alkyl halides is 3. The van der Waals surface area contributed by atoms with Gasteiger partial charge >= 0.3 is 6.18 Å². The lowest BCUT2D eigenvalue weighted by molar-refractivity contribution is -0.137. The SMILES string of the molecule is COCCNC(=O)[C@H]1[C@H]2CC[C@@H](C2)N1c1ccc(C(F)(F)F)cn1. The maximum absolute atomic E-state index is 12.7. The van der Waals surface area contributed by atoms with Crippen molar-refractivity contribution in [3.8, 4) is 0 Å². The van der Waals surface area contributed by atoms with Crippen LogP contribution in [-0.4, -0.2) is 43.2 Å². The van der Waals surface area contributed by atoms with Gasteiger partial charge in [-0.15, -0.1) is 0 Å². The molecule has 1 saturated carbocycles. The Hall–Kier alpha value is -1.83. The molecule has 2 heterocycles. The Morgan fingerprint density at radius 2 is 2.21 bits per heavy atom. The van der Waals surface area contributed by atoms with E-state index in [2.05, 4.69) is 10.3 Å². The van der Waals surface area contributed by atoms with Gasteiger partial charge in [-0.25, -0.2) is 4.98 Å². The van der Waals surface area contributed by atoms with Crippen LogP contribution < -0.4 is 10.2 Å². The van der Waals surface area contributed by atoms with Crippen LogP contribution in [0.15, 0.2) is 18.3 Å². The van der Waals surface area contributed by atoms with Crippen LogP contribution >= 0.6 is 0 Å². The third-order valence-corrected chi connectivity index (χ3v) is 4.80. The average Bonchev–Trinajstić information content (AvgIpc) is 3.15. The van der Waals surface area contributed by atoms with Gasteiger partial charge in [0.1, 0.15) is 11.9 Å². The molecule has 0 unspecified atom stereocenters. The number of halogens is 3. The molecule has 2 bridgehead atoms. The van der Waals surface area contributed by atoms with Crippen molar-refractivity contribution in [2.45, 2.75) is 37.5 Å². The number of nitrogens with zero attached hydrogens (tertiary/aromatic N) is 2. The highest BCUT2D eigenvalue weighted by Crippen LogP contribution is 2.44. The van der Waals surface area contributed by atoms with Crippen LogP contribution in [0.3, 0.4) is 0 Å². The summed E-state index contributed by atoms with van der Waals surface area (Å²) in [4.78, 5) is 18.4. The number of piperidine rings is 1. The molecule has 1 amide bonds. The van der Waals surface area contributed by atoms with E-state index >= 15 is 0 Å². The molecule has 1 aromatic rings. The molecular formula is C16H20F3N3O2. The Bertz CT molecular complexity index is 591. The number of hydrogen-bond donors (Lipinski definition) is 1. The lowest BCUT2D eigenvalue weighted by Crippen LogP contribution is -2.51. The largest absolute Gasteiger partial charge is 0.417 e. The second-order valence-electron chi connectivity index (χ2n) is 6.27. The number of methoxy groups -OCH3 is 1. The zero-order valence-electron chi connectivity index (χ0n) is 13.3. The monoisotopic (exact) mass is 343 g/mol. The molecule has 0 radical (unpaired) electrons. The molecule has 0 spiro atoms. The van der Waals surface area contributed by atoms with Crippen molar-refractivity contribution in [3.63, 3.8) is 0 Å². The summed E-state index contributed by atoms with van der Waals surface area (Å²) in [5, 5.41) is 2.83. The maximum atomic E-state index is 12.7. The fourth-order valence-electron chi connectivity index (χ4n) is 3.74. The molecule has 1 aliphatic heterocycles. The first-order chi connectivity index (χ1) is 11.4. The second-order valence-corrected chi connectivity index (χ2v) is 6.27. The van der Waals surface area contributed by atoms with Gasteiger partial charge in [0, 0.05) is 25.9 Å². The normalized spacial score (nSPS) is 26.0. The van der Waals surface area contributed by atoms with Crippen molar-refractivity contribution >= 4 is 11.7 Å². The minimum atomic E-state index is -4.41. The van der Waals surface area contributed by atoms with E-state index in [0.29, 0.717) is 19.0 Å². The number of hydrogen-bond acceptors (Lipinski definition) is 4. The summed E-state index contributed by atoms with van der Waals surface area (Å²) in [5.41, 5.74) is -0.781. The highest BCUT2D eigenvalue weighted by atomic mass is 19.4. The molecule has 24 heavy (non-hydrogen) atoms. The molecule has 8 heteroatoms. The summed E-state index contributed by atoms with van der Waals surface area (Å²) in [7, 11) is 1.56. The van der Waals surface area contributed by atoms with E-state index in [-0.39, 0.29) is 23.9 Å². The van der Waals surface area contributed by atoms with Gasteiger partial charge < -0.3 is 15.0 Å². The molecule has 2 aliphatic rings. The lowest BCUT2D eigenvalue weighted by Gasteiger charge is -2.35. The first-order valence-corrected chi connectivity index (χ1v) is 8.00. The predicted octanol–water partition coefficient (Wildman–Crippen LogP) is 2.22. The molecule has 5 nitrogen and oxygen atoms in total. The van der Waals surface area contributed by atoms with Gasteiger partial charge in [0.2, 0.25) is 5.91 Å². The fraction of sp³-hybridized carbons (Fsp3) is 0.625. The van der Waals surface area contributed by atoms with Crippen LogP contribution in [0.25, 0.3) is 0 Å². The van der Waals surface area contributed by atoms with Gasteiger partial charge in [0.25, 0.3) is 0 Å². The molecular weight excluding hydrogens is 323 g/mol. The number of pyridine rings is 1. The molecule has 1 aliphatic carbocycles. The molecule has 1 aromatic heterocycles. The molecule has 2 fully saturated rings. The lowest BCUT2D eigenvalue weighted by atomic mass is 9.97. The number of nitrogens with one attached hydrogen (secondary N) is 1. The number of carbonyl (C=O) groups is 1. The standard InChI is InChI=1S/C16H20F3N3O2/c1-24-7-6-20-15(23)14-10-2-4-12(8-10)22(14)13-5-3-11(9-21-13)16(17,18)19/h3,5,9-10,12,14H,2,4,6-8H2,1H3,(H,20,23)/t10-,12-,14+/m0/s1. The minimum absolute atomic E-state index is 0.110. The van der Waals surface area contributed by atoms with E-state index < -0.39 is 11.7 Å². The van der Waals surface area contributed by atoms with Crippen LogP contribution in [0, 0.1) is 5.92 Å². The van der Waals surface area contributed by atoms with Crippen molar-refractivity contribution < 1.29 is 22.7 Å². The first-order valence-electron chi connectivity index (χ1n) is 8.00. The summed E-state index contributed by atoms with van der Waals surface area (Å²) in [6.45, 7) is 0.836. The molecule has 1 saturated heterocycles. The van der Waals surface area contributed by atoms with Crippen molar-refractivity contribution in [1.82, 2.24) is 10.3 Å². The number of carbonyl (C=O) groups excluding carboxylic acids is 1. The van der Waals surface area contributed by atoms with E-state index in [1.54, 1.807) is 7.11 Å². The van der Waals surface area contributed by atoms with Gasteiger partial charge in [0.05, 0.1) is 12.2 Å². The quantitative estimate of drug-likeness (QED) is 0.833. The van der Waals surface area contributed by atoms with Crippen LogP contribution in [0.4, 0.5) is 19.0 Å². The van der Waals surface area contributed by atoms with E-state index in [4.69, 9.17) is 4.74 Å². The van der Waals surface area contributed by atoms with Gasteiger partial charge in [-0.2, -0.15) is 13.2 Å². The van der Waals surface area contributed by atoms with Crippen molar-refractivity contribution in [2.75, 3.05) is 25.2 Å². The summed E-state index contributed by atoms with van der Waals surface area (Å²) in [6, 6.07) is 2.18. The Morgan fingerprint density at radius 3 is 2.83 bits per heavy atom. The Kier molecular flexibility index (Phi) is 4.67. The summed E-state index contributed by atoms with van der Waals surface area (Å²) in [5.74, 6) is 0.546. The maximum Gasteiger partial charge on any atom is 0.417 e. The minimum Gasteiger partial charge on any atom is -0.383 e. The molecule has 1 N–H and O–H groups in total. The fourth-order valence-corrected chi connectivity index (χ4v) is 3.74. The summed E-state index contributed by atoms with van der Waals surface area (Å²) < 4.78 is 43.0. The number of fused-ring (bicyclic) bond motifs is 2. The van der Waals surface area contributed by atoms with Crippen LogP contribution in [0.1, 0.15) is 24.8 Å². The van der Waals surface area contributed by atoms with Gasteiger partial charge in [-0.05, 0) is 37.3 Å². The first kappa shape index (κ1) is 17.0. The number of ether oxygens (including phenoxy) is 1. The Labute approximate surface area is 138 Å². The van der Waals surface area contributed by atoms with Gasteiger partial charge in [-0.1, -0.05) is 0 Å². The third kappa shape index (κ3) is 3.19. The van der Waals surface area contributed by atoms with E-state index in [0.717, 1.165) is 31.5 Å². The van der Waals surface area contributed by atoms with Crippen molar-refractivity contribution in [1.29, 1.82) is 0 Å². The predicted molar refractivity (Wildman–Crippen MR) is 81.5 cm³/mol. The topological polar surface area (TPSA) is 54.5 Å². The summed E-state index contributed by atoms with van der Waals surface area (Å²) >= 11 is 0. The zero-order chi connectivity index (χ0) is 17.3. The average molecular weight is 343 g/mol. The molecule has 0 aromatic carbocycles. The van der Waals surface area contributed by atoms with Crippen molar-refractivity contribution in [3.05, 3.63) is 23.9 Å². The Morgan fingerprint density at radius 1 is 1.42 bits per heavy atom. The van der Waals surface area contributed by atoms with E-state index in [9.17, 15) is 18.0 Å². The van der Waals surface area contributed by atoms with Crippen LogP contribution in [-0.2, 0) is 15.7 Å². The highest BCUT2D eigenvalue weighted by Gasteiger charge is 2.49. The molecule has 3 atom stereocenters. The zero-order valence-corrected chi connectivity index (χ0v) is 13.3. The smallest absolute Gasteiger partial charge is 0.383 e. The van der Waals surface area contributed by atoms with Gasteiger partial charge in [-0.3, -0.25) is 4.79 Å². The van der Waals surface area contributed by atoms with E-state index in [1.165, 1.54) is 6.07 Å². The number of aromatic nitrogens is 1. The number of amides is 1.